The monoisotopic (exact) mass is 593 g/mol. The number of nitrogens with two attached hydrogens (primary N) is 1. The van der Waals surface area contributed by atoms with Crippen molar-refractivity contribution in [2.24, 2.45) is 11.1 Å². The molecule has 3 N–H and O–H groups in total. The third kappa shape index (κ3) is 8.18. The molecule has 0 spiro atoms. The number of para-hydroxylation sites is 1. The zero-order valence-electron chi connectivity index (χ0n) is 24.3. The number of esters is 1. The van der Waals surface area contributed by atoms with Gasteiger partial charge in [0.05, 0.1) is 13.2 Å². The van der Waals surface area contributed by atoms with Crippen LogP contribution in [0, 0.1) is 5.41 Å². The highest BCUT2D eigenvalue weighted by molar-refractivity contribution is 7.52. The molecule has 0 radical (unpaired) electrons. The van der Waals surface area contributed by atoms with E-state index in [1.165, 1.54) is 6.92 Å². The number of fused-ring (bicyclic) bond motifs is 1. The Labute approximate surface area is 240 Å². The number of carbonyl (C=O) groups excluding carboxylic acids is 2. The van der Waals surface area contributed by atoms with Gasteiger partial charge in [0.25, 0.3) is 0 Å². The Balaban J connectivity index is 1.51. The molecular weight excluding hydrogens is 553 g/mol. The van der Waals surface area contributed by atoms with Gasteiger partial charge in [-0.2, -0.15) is 5.09 Å². The lowest BCUT2D eigenvalue weighted by Gasteiger charge is -2.31. The van der Waals surface area contributed by atoms with Crippen LogP contribution in [-0.4, -0.2) is 66.4 Å². The average molecular weight is 594 g/mol. The van der Waals surface area contributed by atoms with Gasteiger partial charge in [0.2, 0.25) is 5.91 Å². The Bertz CT molecular complexity index is 1210. The third-order valence-corrected chi connectivity index (χ3v) is 8.03. The third-order valence-electron chi connectivity index (χ3n) is 6.39. The molecule has 2 unspecified atom stereocenters. The minimum absolute atomic E-state index is 0.187. The SMILES string of the molecule is C[C@H](NP(=O)(OCC1O[C@@H](N2C=CCC(C(N)=O)=C2)[C@@H]2OC(C)(C)O[C@H]12)Oc1ccccc1)C(=O)OCC(C)(C)C. The standard InChI is InChI=1S/C28H40N3O9P/c1-18(26(33)35-17-27(2,3)4)30-41(34,40-20-12-8-7-9-13-20)36-16-21-22-23(39-28(5,6)38-22)25(37-21)31-14-10-11-19(15-31)24(29)32/h7-10,12-15,18,21-23,25H,11,16-17H2,1-6H3,(H2,29,32)(H,30,34)/t18-,21?,22+,23+,25+,41?/m0/s1. The van der Waals surface area contributed by atoms with Crippen LogP contribution < -0.4 is 15.3 Å². The number of ether oxygens (including phenoxy) is 4. The number of hydrogen-bond donors (Lipinski definition) is 2. The lowest BCUT2D eigenvalue weighted by Crippen LogP contribution is -2.40. The molecule has 41 heavy (non-hydrogen) atoms. The zero-order chi connectivity index (χ0) is 30.0. The van der Waals surface area contributed by atoms with E-state index in [9.17, 15) is 14.2 Å². The van der Waals surface area contributed by atoms with Gasteiger partial charge in [0.1, 0.15) is 30.1 Å². The first-order chi connectivity index (χ1) is 19.1. The number of hydrogen-bond acceptors (Lipinski definition) is 10. The number of amides is 1. The van der Waals surface area contributed by atoms with Crippen molar-refractivity contribution in [1.29, 1.82) is 0 Å². The van der Waals surface area contributed by atoms with Gasteiger partial charge >= 0.3 is 13.7 Å². The summed E-state index contributed by atoms with van der Waals surface area (Å²) in [6, 6.07) is 7.49. The first kappa shape index (κ1) is 31.2. The van der Waals surface area contributed by atoms with E-state index in [4.69, 9.17) is 33.7 Å². The largest absolute Gasteiger partial charge is 0.464 e. The van der Waals surface area contributed by atoms with Gasteiger partial charge in [-0.05, 0) is 44.7 Å². The van der Waals surface area contributed by atoms with Crippen LogP contribution in [0.15, 0.2) is 54.4 Å². The van der Waals surface area contributed by atoms with Crippen LogP contribution in [0.2, 0.25) is 0 Å². The lowest BCUT2D eigenvalue weighted by molar-refractivity contribution is -0.201. The predicted octanol–water partition coefficient (Wildman–Crippen LogP) is 3.59. The molecule has 0 aromatic heterocycles. The fourth-order valence-electron chi connectivity index (χ4n) is 4.52. The second-order valence-corrected chi connectivity index (χ2v) is 13.6. The predicted molar refractivity (Wildman–Crippen MR) is 149 cm³/mol. The van der Waals surface area contributed by atoms with Crippen molar-refractivity contribution >= 4 is 19.6 Å². The van der Waals surface area contributed by atoms with Crippen LogP contribution in [0.1, 0.15) is 48.0 Å². The van der Waals surface area contributed by atoms with Gasteiger partial charge in [0, 0.05) is 18.0 Å². The molecule has 4 rings (SSSR count). The van der Waals surface area contributed by atoms with Crippen LogP contribution in [0.5, 0.6) is 5.75 Å². The Kier molecular flexibility index (Phi) is 9.32. The maximum absolute atomic E-state index is 14.0. The van der Waals surface area contributed by atoms with Gasteiger partial charge in [-0.15, -0.1) is 0 Å². The minimum atomic E-state index is -4.14. The number of nitrogens with zero attached hydrogens (tertiary/aromatic N) is 1. The molecule has 0 bridgehead atoms. The first-order valence-corrected chi connectivity index (χ1v) is 15.1. The summed E-state index contributed by atoms with van der Waals surface area (Å²) in [6.07, 6.45) is 3.06. The van der Waals surface area contributed by atoms with E-state index in [2.05, 4.69) is 5.09 Å². The van der Waals surface area contributed by atoms with E-state index in [1.807, 2.05) is 20.8 Å². The molecule has 0 aliphatic carbocycles. The van der Waals surface area contributed by atoms with Crippen molar-refractivity contribution in [3.8, 4) is 5.75 Å². The molecular formula is C28H40N3O9P. The zero-order valence-corrected chi connectivity index (χ0v) is 25.2. The van der Waals surface area contributed by atoms with E-state index in [0.717, 1.165) is 0 Å². The molecule has 1 amide bonds. The number of allylic oxidation sites excluding steroid dienone is 1. The molecule has 6 atom stereocenters. The topological polar surface area (TPSA) is 148 Å². The smallest absolute Gasteiger partial charge is 0.459 e. The van der Waals surface area contributed by atoms with Crippen molar-refractivity contribution in [1.82, 2.24) is 9.99 Å². The maximum atomic E-state index is 14.0. The molecule has 3 aliphatic heterocycles. The highest BCUT2D eigenvalue weighted by atomic mass is 31.2. The number of carbonyl (C=O) groups is 2. The van der Waals surface area contributed by atoms with Crippen molar-refractivity contribution in [3.05, 3.63) is 54.4 Å². The van der Waals surface area contributed by atoms with Crippen LogP contribution in [0.25, 0.3) is 0 Å². The van der Waals surface area contributed by atoms with Crippen molar-refractivity contribution in [2.75, 3.05) is 13.2 Å². The summed E-state index contributed by atoms with van der Waals surface area (Å²) >= 11 is 0. The number of nitrogens with one attached hydrogen (secondary N) is 1. The van der Waals surface area contributed by atoms with Crippen molar-refractivity contribution < 1.29 is 42.1 Å². The first-order valence-electron chi connectivity index (χ1n) is 13.5. The fraction of sp³-hybridized carbons (Fsp3) is 0.571. The van der Waals surface area contributed by atoms with Crippen molar-refractivity contribution in [2.45, 2.75) is 84.3 Å². The van der Waals surface area contributed by atoms with E-state index >= 15 is 0 Å². The van der Waals surface area contributed by atoms with E-state index < -0.39 is 56.0 Å². The van der Waals surface area contributed by atoms with Gasteiger partial charge < -0.3 is 34.1 Å². The second-order valence-electron chi connectivity index (χ2n) is 11.9. The van der Waals surface area contributed by atoms with Crippen LogP contribution >= 0.6 is 7.75 Å². The van der Waals surface area contributed by atoms with E-state index in [0.29, 0.717) is 12.0 Å². The van der Waals surface area contributed by atoms with Gasteiger partial charge in [-0.3, -0.25) is 14.1 Å². The van der Waals surface area contributed by atoms with Crippen molar-refractivity contribution in [3.63, 3.8) is 0 Å². The Hall–Kier alpha value is -2.73. The number of rotatable bonds is 11. The molecule has 1 aromatic carbocycles. The Morgan fingerprint density at radius 1 is 1.20 bits per heavy atom. The summed E-state index contributed by atoms with van der Waals surface area (Å²) in [6.45, 7) is 10.9. The van der Waals surface area contributed by atoms with Gasteiger partial charge in [0.15, 0.2) is 12.0 Å². The lowest BCUT2D eigenvalue weighted by atomic mass is 9.99. The van der Waals surface area contributed by atoms with E-state index in [-0.39, 0.29) is 24.4 Å². The molecule has 2 saturated heterocycles. The highest BCUT2D eigenvalue weighted by Crippen LogP contribution is 2.47. The normalized spacial score (nSPS) is 27.5. The number of benzene rings is 1. The molecule has 2 fully saturated rings. The average Bonchev–Trinajstić information content (AvgIpc) is 3.39. The summed E-state index contributed by atoms with van der Waals surface area (Å²) in [5.74, 6) is -1.76. The summed E-state index contributed by atoms with van der Waals surface area (Å²) < 4.78 is 49.6. The fourth-order valence-corrected chi connectivity index (χ4v) is 6.02. The van der Waals surface area contributed by atoms with Crippen LogP contribution in [0.3, 0.4) is 0 Å². The number of primary amides is 1. The molecule has 3 heterocycles. The van der Waals surface area contributed by atoms with Crippen LogP contribution in [-0.2, 0) is 37.6 Å². The van der Waals surface area contributed by atoms with Gasteiger partial charge in [-0.1, -0.05) is 45.0 Å². The summed E-state index contributed by atoms with van der Waals surface area (Å²) in [5.41, 5.74) is 5.68. The minimum Gasteiger partial charge on any atom is -0.464 e. The van der Waals surface area contributed by atoms with Gasteiger partial charge in [-0.25, -0.2) is 4.57 Å². The highest BCUT2D eigenvalue weighted by Gasteiger charge is 2.57. The molecule has 12 nitrogen and oxygen atoms in total. The Morgan fingerprint density at radius 3 is 2.54 bits per heavy atom. The second kappa shape index (κ2) is 12.2. The molecule has 0 saturated carbocycles. The molecule has 1 aromatic rings. The molecule has 13 heteroatoms. The quantitative estimate of drug-likeness (QED) is 0.286. The van der Waals surface area contributed by atoms with Crippen LogP contribution in [0.4, 0.5) is 0 Å². The summed E-state index contributed by atoms with van der Waals surface area (Å²) in [4.78, 5) is 26.2. The Morgan fingerprint density at radius 2 is 1.88 bits per heavy atom. The molecule has 226 valence electrons. The maximum Gasteiger partial charge on any atom is 0.459 e. The molecule has 3 aliphatic rings. The summed E-state index contributed by atoms with van der Waals surface area (Å²) in [5, 5.41) is 2.70. The summed E-state index contributed by atoms with van der Waals surface area (Å²) in [7, 11) is -4.14. The van der Waals surface area contributed by atoms with E-state index in [1.54, 1.807) is 67.6 Å².